The van der Waals surface area contributed by atoms with E-state index in [2.05, 4.69) is 0 Å². The molecule has 0 bridgehead atoms. The van der Waals surface area contributed by atoms with E-state index in [0.29, 0.717) is 31.2 Å². The van der Waals surface area contributed by atoms with Crippen LogP contribution in [-0.2, 0) is 0 Å². The van der Waals surface area contributed by atoms with Gasteiger partial charge >= 0.3 is 0 Å². The summed E-state index contributed by atoms with van der Waals surface area (Å²) in [6, 6.07) is 14.3. The van der Waals surface area contributed by atoms with Crippen molar-refractivity contribution in [2.24, 2.45) is 0 Å². The summed E-state index contributed by atoms with van der Waals surface area (Å²) >= 11 is 15.5. The first-order chi connectivity index (χ1) is 13.5. The number of benzene rings is 2. The van der Waals surface area contributed by atoms with E-state index < -0.39 is 0 Å². The van der Waals surface area contributed by atoms with E-state index in [4.69, 9.17) is 34.7 Å². The highest BCUT2D eigenvalue weighted by molar-refractivity contribution is 7.16. The van der Waals surface area contributed by atoms with Crippen LogP contribution in [0.1, 0.15) is 14.5 Å². The molecule has 140 valence electrons. The van der Waals surface area contributed by atoms with Gasteiger partial charge < -0.3 is 11.5 Å². The number of hydrogen-bond donors (Lipinski definition) is 2. The topological polar surface area (TPSA) is 69.1 Å². The first-order valence-corrected chi connectivity index (χ1v) is 10.8. The molecule has 28 heavy (non-hydrogen) atoms. The van der Waals surface area contributed by atoms with Crippen molar-refractivity contribution >= 4 is 63.0 Å². The lowest BCUT2D eigenvalue weighted by Crippen LogP contribution is -2.00. The maximum Gasteiger partial charge on any atom is 0.214 e. The van der Waals surface area contributed by atoms with Gasteiger partial charge in [0.15, 0.2) is 0 Å². The van der Waals surface area contributed by atoms with E-state index in [-0.39, 0.29) is 5.78 Å². The molecule has 0 aliphatic rings. The third-order valence-corrected chi connectivity index (χ3v) is 6.79. The summed E-state index contributed by atoms with van der Waals surface area (Å²) in [7, 11) is 0. The van der Waals surface area contributed by atoms with Gasteiger partial charge in [-0.1, -0.05) is 23.2 Å². The fraction of sp³-hybridized carbons (Fsp3) is 0. The quantitative estimate of drug-likeness (QED) is 0.267. The molecule has 0 amide bonds. The molecule has 4 N–H and O–H groups in total. The van der Waals surface area contributed by atoms with Crippen LogP contribution in [0.15, 0.2) is 59.3 Å². The van der Waals surface area contributed by atoms with Gasteiger partial charge in [-0.3, -0.25) is 4.79 Å². The highest BCUT2D eigenvalue weighted by Crippen LogP contribution is 2.40. The number of rotatable bonds is 4. The van der Waals surface area contributed by atoms with Crippen LogP contribution in [0.4, 0.5) is 11.4 Å². The molecule has 0 aliphatic heterocycles. The van der Waals surface area contributed by atoms with Crippen molar-refractivity contribution in [3.63, 3.8) is 0 Å². The predicted octanol–water partition coefficient (Wildman–Crippen LogP) is 6.85. The Kier molecular flexibility index (Phi) is 5.17. The summed E-state index contributed by atoms with van der Waals surface area (Å²) in [5.74, 6) is -0.0769. The first kappa shape index (κ1) is 19.0. The Morgan fingerprint density at radius 3 is 1.54 bits per heavy atom. The van der Waals surface area contributed by atoms with E-state index in [9.17, 15) is 4.79 Å². The largest absolute Gasteiger partial charge is 0.399 e. The third-order valence-electron chi connectivity index (χ3n) is 4.30. The lowest BCUT2D eigenvalue weighted by atomic mass is 10.0. The number of hydrogen-bond acceptors (Lipinski definition) is 5. The Balaban J connectivity index is 1.82. The van der Waals surface area contributed by atoms with E-state index >= 15 is 0 Å². The van der Waals surface area contributed by atoms with E-state index in [1.807, 2.05) is 22.9 Å². The summed E-state index contributed by atoms with van der Waals surface area (Å²) in [4.78, 5) is 14.6. The fourth-order valence-electron chi connectivity index (χ4n) is 3.00. The maximum absolute atomic E-state index is 13.4. The molecule has 0 atom stereocenters. The minimum atomic E-state index is -0.0769. The minimum Gasteiger partial charge on any atom is -0.399 e. The summed E-state index contributed by atoms with van der Waals surface area (Å²) in [5.41, 5.74) is 16.0. The van der Waals surface area contributed by atoms with Crippen LogP contribution in [0.2, 0.25) is 10.0 Å². The van der Waals surface area contributed by atoms with Crippen molar-refractivity contribution in [2.75, 3.05) is 11.5 Å². The molecule has 0 saturated heterocycles. The monoisotopic (exact) mass is 444 g/mol. The van der Waals surface area contributed by atoms with Gasteiger partial charge in [0.1, 0.15) is 0 Å². The van der Waals surface area contributed by atoms with Crippen molar-refractivity contribution < 1.29 is 4.79 Å². The number of thiophene rings is 2. The number of nitrogen functional groups attached to an aromatic ring is 2. The molecule has 2 heterocycles. The predicted molar refractivity (Wildman–Crippen MR) is 122 cm³/mol. The molecule has 0 spiro atoms. The van der Waals surface area contributed by atoms with Gasteiger partial charge in [0.25, 0.3) is 0 Å². The van der Waals surface area contributed by atoms with E-state index in [1.54, 1.807) is 36.4 Å². The Morgan fingerprint density at radius 1 is 0.679 bits per heavy atom. The minimum absolute atomic E-state index is 0.0769. The lowest BCUT2D eigenvalue weighted by molar-refractivity contribution is 0.104. The van der Waals surface area contributed by atoms with Gasteiger partial charge in [0.2, 0.25) is 5.78 Å². The van der Waals surface area contributed by atoms with Crippen LogP contribution in [0.5, 0.6) is 0 Å². The van der Waals surface area contributed by atoms with Crippen molar-refractivity contribution in [2.45, 2.75) is 0 Å². The number of nitrogens with two attached hydrogens (primary N) is 2. The molecule has 3 nitrogen and oxygen atoms in total. The number of halogens is 2. The van der Waals surface area contributed by atoms with Crippen LogP contribution in [0, 0.1) is 0 Å². The van der Waals surface area contributed by atoms with Crippen molar-refractivity contribution in [1.82, 2.24) is 0 Å². The first-order valence-electron chi connectivity index (χ1n) is 8.26. The highest BCUT2D eigenvalue weighted by Gasteiger charge is 2.23. The van der Waals surface area contributed by atoms with Gasteiger partial charge in [-0.25, -0.2) is 0 Å². The SMILES string of the molecule is Nc1ccc(Cl)c(-c2ccsc2C(=O)c2sccc2-c2cc(N)ccc2Cl)c1. The molecule has 0 unspecified atom stereocenters. The summed E-state index contributed by atoms with van der Waals surface area (Å²) in [6.07, 6.45) is 0. The summed E-state index contributed by atoms with van der Waals surface area (Å²) in [5, 5.41) is 4.85. The zero-order valence-corrected chi connectivity index (χ0v) is 17.6. The van der Waals surface area contributed by atoms with Crippen LogP contribution < -0.4 is 11.5 Å². The van der Waals surface area contributed by atoms with Crippen molar-refractivity contribution in [3.8, 4) is 22.3 Å². The van der Waals surface area contributed by atoms with Gasteiger partial charge in [-0.05, 0) is 59.3 Å². The zero-order chi connectivity index (χ0) is 19.8. The number of anilines is 2. The van der Waals surface area contributed by atoms with E-state index in [1.165, 1.54) is 22.7 Å². The van der Waals surface area contributed by atoms with E-state index in [0.717, 1.165) is 22.3 Å². The Hall–Kier alpha value is -2.31. The second-order valence-electron chi connectivity index (χ2n) is 6.13. The molecule has 2 aromatic carbocycles. The number of carbonyl (C=O) groups excluding carboxylic acids is 1. The molecule has 2 aromatic heterocycles. The molecule has 0 saturated carbocycles. The molecular formula is C21H14Cl2N2OS2. The maximum atomic E-state index is 13.4. The van der Waals surface area contributed by atoms with Crippen LogP contribution in [0.25, 0.3) is 22.3 Å². The summed E-state index contributed by atoms with van der Waals surface area (Å²) < 4.78 is 0. The Morgan fingerprint density at radius 2 is 1.11 bits per heavy atom. The molecule has 0 fully saturated rings. The average Bonchev–Trinajstić information content (AvgIpc) is 3.34. The molecule has 4 rings (SSSR count). The second-order valence-corrected chi connectivity index (χ2v) is 8.78. The Labute approximate surface area is 180 Å². The standard InChI is InChI=1S/C21H14Cl2N2OS2/c22-17-3-1-11(24)9-15(17)13-5-7-27-20(13)19(26)21-14(6-8-28-21)16-10-12(25)2-4-18(16)23/h1-10H,24-25H2. The van der Waals surface area contributed by atoms with Gasteiger partial charge in [-0.15, -0.1) is 22.7 Å². The van der Waals surface area contributed by atoms with Gasteiger partial charge in [0, 0.05) is 43.7 Å². The average molecular weight is 445 g/mol. The molecule has 7 heteroatoms. The smallest absolute Gasteiger partial charge is 0.214 e. The lowest BCUT2D eigenvalue weighted by Gasteiger charge is -2.09. The van der Waals surface area contributed by atoms with Crippen molar-refractivity contribution in [3.05, 3.63) is 79.1 Å². The van der Waals surface area contributed by atoms with Crippen molar-refractivity contribution in [1.29, 1.82) is 0 Å². The summed E-state index contributed by atoms with van der Waals surface area (Å²) in [6.45, 7) is 0. The molecule has 0 radical (unpaired) electrons. The normalized spacial score (nSPS) is 10.9. The molecular weight excluding hydrogens is 431 g/mol. The van der Waals surface area contributed by atoms with Crippen LogP contribution in [0.3, 0.4) is 0 Å². The van der Waals surface area contributed by atoms with Crippen LogP contribution in [-0.4, -0.2) is 5.78 Å². The highest BCUT2D eigenvalue weighted by atomic mass is 35.5. The Bertz CT molecular complexity index is 1110. The number of carbonyl (C=O) groups is 1. The van der Waals surface area contributed by atoms with Gasteiger partial charge in [-0.2, -0.15) is 0 Å². The second kappa shape index (κ2) is 7.60. The van der Waals surface area contributed by atoms with Crippen LogP contribution >= 0.6 is 45.9 Å². The zero-order valence-electron chi connectivity index (χ0n) is 14.4. The third kappa shape index (κ3) is 3.42. The molecule has 0 aliphatic carbocycles. The molecule has 4 aromatic rings. The number of ketones is 1. The van der Waals surface area contributed by atoms with Gasteiger partial charge in [0.05, 0.1) is 9.75 Å². The fourth-order valence-corrected chi connectivity index (χ4v) is 5.21.